The molecule has 3 aromatic rings. The number of amides is 1. The quantitative estimate of drug-likeness (QED) is 0.740. The van der Waals surface area contributed by atoms with Crippen molar-refractivity contribution in [2.45, 2.75) is 6.92 Å². The van der Waals surface area contributed by atoms with E-state index >= 15 is 0 Å². The van der Waals surface area contributed by atoms with E-state index < -0.39 is 0 Å². The third-order valence-electron chi connectivity index (χ3n) is 5.22. The molecule has 4 rings (SSSR count). The molecule has 1 aliphatic heterocycles. The van der Waals surface area contributed by atoms with Gasteiger partial charge >= 0.3 is 0 Å². The zero-order valence-corrected chi connectivity index (χ0v) is 16.2. The van der Waals surface area contributed by atoms with Crippen molar-refractivity contribution in [1.29, 1.82) is 0 Å². The van der Waals surface area contributed by atoms with Crippen molar-refractivity contribution in [2.24, 2.45) is 0 Å². The smallest absolute Gasteiger partial charge is 0.270 e. The summed E-state index contributed by atoms with van der Waals surface area (Å²) in [5, 5.41) is 1.78. The summed E-state index contributed by atoms with van der Waals surface area (Å²) in [5.74, 6) is 0.825. The number of piperazine rings is 1. The van der Waals surface area contributed by atoms with Crippen LogP contribution in [-0.2, 0) is 0 Å². The number of carbonyl (C=O) groups is 1. The van der Waals surface area contributed by atoms with Crippen LogP contribution in [0, 0.1) is 6.92 Å². The van der Waals surface area contributed by atoms with E-state index in [1.807, 2.05) is 48.2 Å². The number of aromatic amines is 1. The van der Waals surface area contributed by atoms with Crippen molar-refractivity contribution < 1.29 is 9.53 Å². The molecular formula is C21H22ClN3O2. The van der Waals surface area contributed by atoms with Crippen molar-refractivity contribution >= 4 is 34.1 Å². The van der Waals surface area contributed by atoms with E-state index in [9.17, 15) is 4.79 Å². The van der Waals surface area contributed by atoms with E-state index in [0.29, 0.717) is 18.8 Å². The molecule has 0 bridgehead atoms. The number of aryl methyl sites for hydroxylation is 1. The second-order valence-corrected chi connectivity index (χ2v) is 7.23. The molecule has 0 radical (unpaired) electrons. The Labute approximate surface area is 163 Å². The van der Waals surface area contributed by atoms with Crippen LogP contribution < -0.4 is 9.64 Å². The highest BCUT2D eigenvalue weighted by Gasteiger charge is 2.25. The van der Waals surface area contributed by atoms with Crippen LogP contribution in [-0.4, -0.2) is 49.1 Å². The minimum absolute atomic E-state index is 0.0495. The van der Waals surface area contributed by atoms with Gasteiger partial charge in [0.1, 0.15) is 11.4 Å². The van der Waals surface area contributed by atoms with Gasteiger partial charge in [0, 0.05) is 53.9 Å². The van der Waals surface area contributed by atoms with E-state index in [2.05, 4.69) is 16.0 Å². The van der Waals surface area contributed by atoms with Crippen LogP contribution in [0.4, 0.5) is 5.69 Å². The number of carbonyl (C=O) groups excluding carboxylic acids is 1. The van der Waals surface area contributed by atoms with Crippen LogP contribution in [0.15, 0.2) is 42.5 Å². The predicted molar refractivity (Wildman–Crippen MR) is 109 cm³/mol. The van der Waals surface area contributed by atoms with Gasteiger partial charge in [-0.05, 0) is 42.8 Å². The van der Waals surface area contributed by atoms with Crippen molar-refractivity contribution in [2.75, 3.05) is 38.2 Å². The topological polar surface area (TPSA) is 48.6 Å². The Kier molecular flexibility index (Phi) is 4.70. The van der Waals surface area contributed by atoms with Crippen molar-refractivity contribution in [3.05, 3.63) is 58.7 Å². The molecule has 0 unspecified atom stereocenters. The number of halogens is 1. The van der Waals surface area contributed by atoms with Crippen LogP contribution in [0.1, 0.15) is 16.1 Å². The van der Waals surface area contributed by atoms with Crippen LogP contribution in [0.3, 0.4) is 0 Å². The summed E-state index contributed by atoms with van der Waals surface area (Å²) in [6.07, 6.45) is 0. The number of nitrogens with one attached hydrogen (secondary N) is 1. The zero-order chi connectivity index (χ0) is 19.0. The van der Waals surface area contributed by atoms with E-state index in [0.717, 1.165) is 46.0 Å². The van der Waals surface area contributed by atoms with Gasteiger partial charge in [-0.25, -0.2) is 0 Å². The van der Waals surface area contributed by atoms with Gasteiger partial charge in [0.05, 0.1) is 7.11 Å². The largest absolute Gasteiger partial charge is 0.497 e. The number of benzene rings is 2. The van der Waals surface area contributed by atoms with Crippen LogP contribution >= 0.6 is 11.6 Å². The van der Waals surface area contributed by atoms with E-state index in [4.69, 9.17) is 16.3 Å². The van der Waals surface area contributed by atoms with Gasteiger partial charge in [0.15, 0.2) is 0 Å². The Hall–Kier alpha value is -2.66. The normalized spacial score (nSPS) is 14.6. The molecule has 27 heavy (non-hydrogen) atoms. The number of hydrogen-bond donors (Lipinski definition) is 1. The van der Waals surface area contributed by atoms with Crippen molar-refractivity contribution in [3.8, 4) is 5.75 Å². The van der Waals surface area contributed by atoms with Gasteiger partial charge in [-0.1, -0.05) is 17.7 Å². The van der Waals surface area contributed by atoms with E-state index in [1.54, 1.807) is 7.11 Å². The number of ether oxygens (including phenoxy) is 1. The average Bonchev–Trinajstić information content (AvgIpc) is 3.03. The molecule has 1 aromatic heterocycles. The summed E-state index contributed by atoms with van der Waals surface area (Å²) in [6, 6.07) is 13.7. The maximum atomic E-state index is 13.1. The number of methoxy groups -OCH3 is 1. The SMILES string of the molecule is COc1ccc2c(C)c(C(=O)N3CCN(c4cccc(Cl)c4)CC3)[nH]c2c1. The molecule has 1 amide bonds. The van der Waals surface area contributed by atoms with Gasteiger partial charge in [-0.3, -0.25) is 4.79 Å². The average molecular weight is 384 g/mol. The van der Waals surface area contributed by atoms with Gasteiger partial charge in [0.25, 0.3) is 5.91 Å². The summed E-state index contributed by atoms with van der Waals surface area (Å²) in [7, 11) is 1.64. The van der Waals surface area contributed by atoms with Gasteiger partial charge in [-0.15, -0.1) is 0 Å². The molecule has 1 aliphatic rings. The summed E-state index contributed by atoms with van der Waals surface area (Å²) in [4.78, 5) is 20.5. The second kappa shape index (κ2) is 7.16. The third-order valence-corrected chi connectivity index (χ3v) is 5.45. The fourth-order valence-corrected chi connectivity index (χ4v) is 3.84. The maximum absolute atomic E-state index is 13.1. The number of aromatic nitrogens is 1. The highest BCUT2D eigenvalue weighted by Crippen LogP contribution is 2.27. The van der Waals surface area contributed by atoms with Crippen molar-refractivity contribution in [1.82, 2.24) is 9.88 Å². The second-order valence-electron chi connectivity index (χ2n) is 6.80. The molecule has 6 heteroatoms. The Morgan fingerprint density at radius 3 is 2.59 bits per heavy atom. The fraction of sp³-hybridized carbons (Fsp3) is 0.286. The van der Waals surface area contributed by atoms with Gasteiger partial charge < -0.3 is 19.5 Å². The Morgan fingerprint density at radius 1 is 1.11 bits per heavy atom. The molecule has 2 aromatic carbocycles. The monoisotopic (exact) mass is 383 g/mol. The zero-order valence-electron chi connectivity index (χ0n) is 15.5. The van der Waals surface area contributed by atoms with Crippen LogP contribution in [0.25, 0.3) is 10.9 Å². The first kappa shape index (κ1) is 17.7. The number of fused-ring (bicyclic) bond motifs is 1. The van der Waals surface area contributed by atoms with E-state index in [1.165, 1.54) is 0 Å². The highest BCUT2D eigenvalue weighted by molar-refractivity contribution is 6.30. The molecule has 0 aliphatic carbocycles. The lowest BCUT2D eigenvalue weighted by Crippen LogP contribution is -2.49. The fourth-order valence-electron chi connectivity index (χ4n) is 3.66. The van der Waals surface area contributed by atoms with Gasteiger partial charge in [-0.2, -0.15) is 0 Å². The summed E-state index contributed by atoms with van der Waals surface area (Å²) in [6.45, 7) is 4.94. The first-order chi connectivity index (χ1) is 13.1. The molecule has 5 nitrogen and oxygen atoms in total. The molecule has 0 atom stereocenters. The van der Waals surface area contributed by atoms with Gasteiger partial charge in [0.2, 0.25) is 0 Å². The van der Waals surface area contributed by atoms with Crippen molar-refractivity contribution in [3.63, 3.8) is 0 Å². The maximum Gasteiger partial charge on any atom is 0.270 e. The first-order valence-corrected chi connectivity index (χ1v) is 9.40. The highest BCUT2D eigenvalue weighted by atomic mass is 35.5. The molecule has 1 fully saturated rings. The molecule has 1 N–H and O–H groups in total. The number of hydrogen-bond acceptors (Lipinski definition) is 3. The minimum atomic E-state index is 0.0495. The lowest BCUT2D eigenvalue weighted by molar-refractivity contribution is 0.0741. The molecule has 0 saturated carbocycles. The molecule has 1 saturated heterocycles. The summed E-state index contributed by atoms with van der Waals surface area (Å²) < 4.78 is 5.28. The Morgan fingerprint density at radius 2 is 1.89 bits per heavy atom. The minimum Gasteiger partial charge on any atom is -0.497 e. The number of rotatable bonds is 3. The number of nitrogens with zero attached hydrogens (tertiary/aromatic N) is 2. The molecule has 140 valence electrons. The Bertz CT molecular complexity index is 990. The van der Waals surface area contributed by atoms with Crippen LogP contribution in [0.2, 0.25) is 5.02 Å². The lowest BCUT2D eigenvalue weighted by atomic mass is 10.1. The third kappa shape index (κ3) is 3.35. The molecular weight excluding hydrogens is 362 g/mol. The first-order valence-electron chi connectivity index (χ1n) is 9.03. The molecule has 0 spiro atoms. The number of H-pyrrole nitrogens is 1. The standard InChI is InChI=1S/C21H22ClN3O2/c1-14-18-7-6-17(27-2)13-19(18)23-20(14)21(26)25-10-8-24(9-11-25)16-5-3-4-15(22)12-16/h3-7,12-13,23H,8-11H2,1-2H3. The summed E-state index contributed by atoms with van der Waals surface area (Å²) in [5.41, 5.74) is 3.67. The van der Waals surface area contributed by atoms with Crippen LogP contribution in [0.5, 0.6) is 5.75 Å². The number of anilines is 1. The lowest BCUT2D eigenvalue weighted by Gasteiger charge is -2.36. The Balaban J connectivity index is 1.51. The summed E-state index contributed by atoms with van der Waals surface area (Å²) >= 11 is 6.10. The predicted octanol–water partition coefficient (Wildman–Crippen LogP) is 4.10. The van der Waals surface area contributed by atoms with E-state index in [-0.39, 0.29) is 5.91 Å². The molecule has 2 heterocycles.